The zero-order valence-corrected chi connectivity index (χ0v) is 16.9. The highest BCUT2D eigenvalue weighted by molar-refractivity contribution is 5.53. The third-order valence-electron chi connectivity index (χ3n) is 5.98. The Bertz CT molecular complexity index is 1230. The van der Waals surface area contributed by atoms with E-state index in [-0.39, 0.29) is 12.0 Å². The lowest BCUT2D eigenvalue weighted by atomic mass is 10.00. The molecule has 0 radical (unpaired) electrons. The van der Waals surface area contributed by atoms with Gasteiger partial charge in [0.1, 0.15) is 0 Å². The zero-order chi connectivity index (χ0) is 20.8. The van der Waals surface area contributed by atoms with Crippen molar-refractivity contribution in [1.29, 1.82) is 0 Å². The van der Waals surface area contributed by atoms with Crippen LogP contribution in [0, 0.1) is 0 Å². The molecule has 9 heteroatoms. The molecule has 0 amide bonds. The summed E-state index contributed by atoms with van der Waals surface area (Å²) in [7, 11) is 0. The number of furan rings is 1. The smallest absolute Gasteiger partial charge is 0.259 e. The molecule has 156 valence electrons. The van der Waals surface area contributed by atoms with E-state index < -0.39 is 0 Å². The molecule has 0 saturated carbocycles. The molecule has 4 aromatic rings. The van der Waals surface area contributed by atoms with Crippen LogP contribution < -0.4 is 10.6 Å². The molecule has 0 unspecified atom stereocenters. The highest BCUT2D eigenvalue weighted by Gasteiger charge is 2.35. The zero-order valence-electron chi connectivity index (χ0n) is 16.9. The number of benzene rings is 1. The van der Waals surface area contributed by atoms with Crippen molar-refractivity contribution in [1.82, 2.24) is 29.5 Å². The van der Waals surface area contributed by atoms with Crippen LogP contribution in [0.2, 0.25) is 0 Å². The molecule has 0 bridgehead atoms. The molecule has 0 aliphatic carbocycles. The van der Waals surface area contributed by atoms with E-state index in [1.54, 1.807) is 12.3 Å². The van der Waals surface area contributed by atoms with E-state index >= 15 is 0 Å². The summed E-state index contributed by atoms with van der Waals surface area (Å²) in [5, 5.41) is 4.41. The Morgan fingerprint density at radius 2 is 1.94 bits per heavy atom. The number of rotatable bonds is 4. The lowest BCUT2D eigenvalue weighted by Gasteiger charge is -2.44. The van der Waals surface area contributed by atoms with Gasteiger partial charge in [0.25, 0.3) is 5.78 Å². The molecule has 1 saturated heterocycles. The first-order valence-electron chi connectivity index (χ1n) is 10.4. The van der Waals surface area contributed by atoms with Crippen molar-refractivity contribution in [2.75, 3.05) is 23.7 Å². The number of aromatic nitrogens is 5. The average Bonchev–Trinajstić information content (AvgIpc) is 3.53. The van der Waals surface area contributed by atoms with Crippen LogP contribution in [0.25, 0.3) is 17.4 Å². The number of nitrogen functional groups attached to an aromatic ring is 1. The second-order valence-electron chi connectivity index (χ2n) is 7.97. The Morgan fingerprint density at radius 3 is 2.77 bits per heavy atom. The first-order valence-corrected chi connectivity index (χ1v) is 10.4. The van der Waals surface area contributed by atoms with Crippen LogP contribution in [0.1, 0.15) is 12.0 Å². The maximum absolute atomic E-state index is 6.26. The van der Waals surface area contributed by atoms with E-state index in [2.05, 4.69) is 61.4 Å². The number of nitrogens with two attached hydrogens (primary N) is 1. The van der Waals surface area contributed by atoms with Gasteiger partial charge in [-0.1, -0.05) is 36.4 Å². The summed E-state index contributed by atoms with van der Waals surface area (Å²) < 4.78 is 6.88. The van der Waals surface area contributed by atoms with Gasteiger partial charge >= 0.3 is 0 Å². The van der Waals surface area contributed by atoms with E-state index in [9.17, 15) is 0 Å². The van der Waals surface area contributed by atoms with Gasteiger partial charge in [0.05, 0.1) is 12.3 Å². The summed E-state index contributed by atoms with van der Waals surface area (Å²) in [5.41, 5.74) is 7.55. The van der Waals surface area contributed by atoms with Gasteiger partial charge in [-0.2, -0.15) is 19.5 Å². The standard InChI is InChI=1S/C22H22N8O/c23-20-25-21(26-22-24-19(27-30(20)22)18-9-5-11-31-18)29-14-16-8-4-10-28(16)13-17(29)12-15-6-2-1-3-7-15/h1-7,9-11,16-17H,8,12-14H2,(H2,23,24,25,26,27)/t16-,17-/m0/s1. The molecule has 1 aromatic carbocycles. The van der Waals surface area contributed by atoms with Crippen molar-refractivity contribution < 1.29 is 4.42 Å². The van der Waals surface area contributed by atoms with Crippen LogP contribution in [-0.2, 0) is 6.42 Å². The van der Waals surface area contributed by atoms with E-state index in [0.29, 0.717) is 29.4 Å². The molecule has 2 N–H and O–H groups in total. The average molecular weight is 414 g/mol. The molecule has 6 rings (SSSR count). The number of fused-ring (bicyclic) bond motifs is 2. The summed E-state index contributed by atoms with van der Waals surface area (Å²) >= 11 is 0. The van der Waals surface area contributed by atoms with Gasteiger partial charge in [-0.15, -0.1) is 5.10 Å². The molecule has 31 heavy (non-hydrogen) atoms. The van der Waals surface area contributed by atoms with E-state index in [1.165, 1.54) is 10.1 Å². The minimum absolute atomic E-state index is 0.218. The predicted octanol–water partition coefficient (Wildman–Crippen LogP) is 2.38. The minimum atomic E-state index is 0.218. The van der Waals surface area contributed by atoms with Crippen molar-refractivity contribution in [3.05, 3.63) is 66.6 Å². The maximum atomic E-state index is 6.26. The molecular formula is C22H22N8O. The molecular weight excluding hydrogens is 392 g/mol. The maximum Gasteiger partial charge on any atom is 0.259 e. The molecule has 5 heterocycles. The summed E-state index contributed by atoms with van der Waals surface area (Å²) in [6, 6.07) is 14.8. The van der Waals surface area contributed by atoms with Crippen LogP contribution in [0.3, 0.4) is 0 Å². The Kier molecular flexibility index (Phi) is 4.12. The molecule has 1 fully saturated rings. The number of hydrogen-bond acceptors (Lipinski definition) is 8. The Balaban J connectivity index is 1.38. The fraction of sp³-hybridized carbons (Fsp3) is 0.273. The van der Waals surface area contributed by atoms with Crippen LogP contribution in [0.4, 0.5) is 11.9 Å². The SMILES string of the molecule is Nc1nc(N2C[C@@H]3CC=CN3C[C@@H]2Cc2ccccc2)nc2nc(-c3ccco3)nn12. The van der Waals surface area contributed by atoms with Gasteiger partial charge in [0.15, 0.2) is 5.76 Å². The fourth-order valence-electron chi connectivity index (χ4n) is 4.46. The minimum Gasteiger partial charge on any atom is -0.461 e. The van der Waals surface area contributed by atoms with Crippen molar-refractivity contribution >= 4 is 17.7 Å². The molecule has 2 aliphatic rings. The normalized spacial score (nSPS) is 20.5. The fourth-order valence-corrected chi connectivity index (χ4v) is 4.46. The second-order valence-corrected chi connectivity index (χ2v) is 7.97. The topological polar surface area (TPSA) is 102 Å². The van der Waals surface area contributed by atoms with Gasteiger partial charge in [-0.3, -0.25) is 0 Å². The third kappa shape index (κ3) is 3.18. The van der Waals surface area contributed by atoms with Gasteiger partial charge in [0.2, 0.25) is 17.7 Å². The largest absolute Gasteiger partial charge is 0.461 e. The molecule has 0 spiro atoms. The third-order valence-corrected chi connectivity index (χ3v) is 5.98. The van der Waals surface area contributed by atoms with Crippen LogP contribution in [0.5, 0.6) is 0 Å². The van der Waals surface area contributed by atoms with Crippen molar-refractivity contribution in [2.45, 2.75) is 24.9 Å². The van der Waals surface area contributed by atoms with E-state index in [0.717, 1.165) is 25.9 Å². The van der Waals surface area contributed by atoms with E-state index in [4.69, 9.17) is 15.1 Å². The Morgan fingerprint density at radius 1 is 1.03 bits per heavy atom. The quantitative estimate of drug-likeness (QED) is 0.543. The van der Waals surface area contributed by atoms with Crippen molar-refractivity contribution in [3.63, 3.8) is 0 Å². The molecule has 9 nitrogen and oxygen atoms in total. The van der Waals surface area contributed by atoms with Gasteiger partial charge in [-0.25, -0.2) is 0 Å². The predicted molar refractivity (Wildman–Crippen MR) is 116 cm³/mol. The summed E-state index contributed by atoms with van der Waals surface area (Å²) in [4.78, 5) is 18.6. The number of nitrogens with zero attached hydrogens (tertiary/aromatic N) is 7. The highest BCUT2D eigenvalue weighted by Crippen LogP contribution is 2.28. The lowest BCUT2D eigenvalue weighted by Crippen LogP contribution is -2.56. The monoisotopic (exact) mass is 414 g/mol. The van der Waals surface area contributed by atoms with Gasteiger partial charge in [-0.05, 0) is 36.7 Å². The second kappa shape index (κ2) is 7.12. The highest BCUT2D eigenvalue weighted by atomic mass is 16.3. The first kappa shape index (κ1) is 17.9. The molecule has 2 atom stereocenters. The van der Waals surface area contributed by atoms with Gasteiger partial charge < -0.3 is 20.0 Å². The molecule has 2 aliphatic heterocycles. The Labute approximate surface area is 178 Å². The van der Waals surface area contributed by atoms with Crippen molar-refractivity contribution in [3.8, 4) is 11.6 Å². The van der Waals surface area contributed by atoms with Gasteiger partial charge in [0, 0.05) is 19.1 Å². The van der Waals surface area contributed by atoms with Crippen LogP contribution >= 0.6 is 0 Å². The van der Waals surface area contributed by atoms with E-state index in [1.807, 2.05) is 12.1 Å². The molecule has 3 aromatic heterocycles. The van der Waals surface area contributed by atoms with Crippen molar-refractivity contribution in [2.24, 2.45) is 0 Å². The van der Waals surface area contributed by atoms with Crippen LogP contribution in [-0.4, -0.2) is 54.6 Å². The first-order chi connectivity index (χ1) is 15.2. The number of hydrogen-bond donors (Lipinski definition) is 1. The summed E-state index contributed by atoms with van der Waals surface area (Å²) in [6.07, 6.45) is 7.97. The number of anilines is 2. The summed E-state index contributed by atoms with van der Waals surface area (Å²) in [5.74, 6) is 2.28. The number of piperazine rings is 1. The summed E-state index contributed by atoms with van der Waals surface area (Å²) in [6.45, 7) is 1.74. The lowest BCUT2D eigenvalue weighted by molar-refractivity contribution is 0.229. The van der Waals surface area contributed by atoms with Crippen LogP contribution in [0.15, 0.2) is 65.4 Å². The Hall–Kier alpha value is -3.88.